The molecule has 2 atom stereocenters. The van der Waals surface area contributed by atoms with Crippen LogP contribution in [0.25, 0.3) is 0 Å². The molecule has 1 aliphatic heterocycles. The van der Waals surface area contributed by atoms with Gasteiger partial charge in [-0.15, -0.1) is 0 Å². The lowest BCUT2D eigenvalue weighted by molar-refractivity contribution is 0.193. The molecule has 0 aliphatic carbocycles. The van der Waals surface area contributed by atoms with Crippen molar-refractivity contribution in [3.8, 4) is 0 Å². The molecule has 1 saturated heterocycles. The van der Waals surface area contributed by atoms with Crippen molar-refractivity contribution >= 4 is 5.69 Å². The van der Waals surface area contributed by atoms with Gasteiger partial charge in [-0.3, -0.25) is 9.88 Å². The third kappa shape index (κ3) is 3.95. The van der Waals surface area contributed by atoms with Crippen molar-refractivity contribution in [1.82, 2.24) is 15.2 Å². The van der Waals surface area contributed by atoms with Crippen LogP contribution in [0.4, 0.5) is 5.69 Å². The van der Waals surface area contributed by atoms with Crippen LogP contribution in [-0.4, -0.2) is 49.2 Å². The average Bonchev–Trinajstić information content (AvgIpc) is 2.56. The molecule has 2 unspecified atom stereocenters. The van der Waals surface area contributed by atoms with E-state index >= 15 is 0 Å². The Morgan fingerprint density at radius 1 is 1.14 bits per heavy atom. The van der Waals surface area contributed by atoms with E-state index in [-0.39, 0.29) is 0 Å². The molecule has 4 nitrogen and oxygen atoms in total. The van der Waals surface area contributed by atoms with Crippen LogP contribution in [0.3, 0.4) is 0 Å². The number of hydrogen-bond donors (Lipinski definition) is 1. The molecule has 0 radical (unpaired) electrons. The van der Waals surface area contributed by atoms with E-state index in [9.17, 15) is 0 Å². The summed E-state index contributed by atoms with van der Waals surface area (Å²) in [6, 6.07) is 5.46. The van der Waals surface area contributed by atoms with Crippen LogP contribution in [0.1, 0.15) is 45.3 Å². The van der Waals surface area contributed by atoms with Gasteiger partial charge in [-0.25, -0.2) is 0 Å². The second-order valence-corrected chi connectivity index (χ2v) is 5.97. The molecule has 1 aliphatic rings. The molecule has 2 rings (SSSR count). The maximum absolute atomic E-state index is 4.65. The lowest BCUT2D eigenvalue weighted by Gasteiger charge is -2.38. The van der Waals surface area contributed by atoms with E-state index in [1.807, 2.05) is 13.2 Å². The van der Waals surface area contributed by atoms with Crippen molar-refractivity contribution in [2.24, 2.45) is 0 Å². The smallest absolute Gasteiger partial charge is 0.0574 e. The van der Waals surface area contributed by atoms with E-state index in [0.717, 1.165) is 38.3 Å². The molecule has 0 saturated carbocycles. The minimum absolute atomic E-state index is 0.362. The highest BCUT2D eigenvalue weighted by Crippen LogP contribution is 2.20. The fourth-order valence-electron chi connectivity index (χ4n) is 3.03. The Morgan fingerprint density at radius 2 is 1.86 bits per heavy atom. The third-order valence-electron chi connectivity index (χ3n) is 4.78. The Balaban J connectivity index is 1.95. The number of rotatable bonds is 6. The van der Waals surface area contributed by atoms with Gasteiger partial charge in [0.2, 0.25) is 0 Å². The van der Waals surface area contributed by atoms with Crippen LogP contribution >= 0.6 is 0 Å². The van der Waals surface area contributed by atoms with Crippen LogP contribution in [-0.2, 0) is 0 Å². The second kappa shape index (κ2) is 7.76. The summed E-state index contributed by atoms with van der Waals surface area (Å²) in [5.74, 6) is 0. The fourth-order valence-corrected chi connectivity index (χ4v) is 3.03. The molecular formula is C17H30N4. The molecule has 1 fully saturated rings. The first-order chi connectivity index (χ1) is 10.2. The highest BCUT2D eigenvalue weighted by atomic mass is 15.3. The Morgan fingerprint density at radius 3 is 2.33 bits per heavy atom. The lowest BCUT2D eigenvalue weighted by atomic mass is 10.1. The van der Waals surface area contributed by atoms with E-state index in [1.54, 1.807) is 0 Å². The van der Waals surface area contributed by atoms with Crippen LogP contribution in [0.15, 0.2) is 18.3 Å². The summed E-state index contributed by atoms with van der Waals surface area (Å²) in [4.78, 5) is 9.69. The number of pyridine rings is 1. The maximum atomic E-state index is 4.65. The SMILES string of the molecule is CCC(NC)c1ccc(N2CCN(C(C)CC)CC2)cn1. The van der Waals surface area contributed by atoms with Crippen molar-refractivity contribution < 1.29 is 0 Å². The van der Waals surface area contributed by atoms with Crippen LogP contribution < -0.4 is 10.2 Å². The topological polar surface area (TPSA) is 31.4 Å². The summed E-state index contributed by atoms with van der Waals surface area (Å²) in [5.41, 5.74) is 2.40. The highest BCUT2D eigenvalue weighted by Gasteiger charge is 2.20. The van der Waals surface area contributed by atoms with E-state index in [1.165, 1.54) is 12.1 Å². The summed E-state index contributed by atoms with van der Waals surface area (Å²) in [7, 11) is 2.00. The molecule has 21 heavy (non-hydrogen) atoms. The predicted octanol–water partition coefficient (Wildman–Crippen LogP) is 2.67. The summed E-state index contributed by atoms with van der Waals surface area (Å²) in [6.07, 6.45) is 4.34. The van der Waals surface area contributed by atoms with Crippen LogP contribution in [0, 0.1) is 0 Å². The molecule has 2 heterocycles. The Hall–Kier alpha value is -1.13. The monoisotopic (exact) mass is 290 g/mol. The zero-order valence-corrected chi connectivity index (χ0v) is 14.0. The summed E-state index contributed by atoms with van der Waals surface area (Å²) in [5, 5.41) is 3.31. The van der Waals surface area contributed by atoms with E-state index in [4.69, 9.17) is 0 Å². The summed E-state index contributed by atoms with van der Waals surface area (Å²) in [6.45, 7) is 11.3. The van der Waals surface area contributed by atoms with Crippen LogP contribution in [0.2, 0.25) is 0 Å². The van der Waals surface area contributed by atoms with Crippen molar-refractivity contribution in [2.45, 2.75) is 45.7 Å². The van der Waals surface area contributed by atoms with Gasteiger partial charge in [0.1, 0.15) is 0 Å². The summed E-state index contributed by atoms with van der Waals surface area (Å²) >= 11 is 0. The first kappa shape index (κ1) is 16.2. The molecule has 1 aromatic rings. The number of nitrogens with one attached hydrogen (secondary N) is 1. The minimum atomic E-state index is 0.362. The largest absolute Gasteiger partial charge is 0.368 e. The first-order valence-electron chi connectivity index (χ1n) is 8.31. The van der Waals surface area contributed by atoms with Gasteiger partial charge >= 0.3 is 0 Å². The molecule has 4 heteroatoms. The number of hydrogen-bond acceptors (Lipinski definition) is 4. The van der Waals surface area contributed by atoms with Crippen LogP contribution in [0.5, 0.6) is 0 Å². The molecule has 0 aromatic carbocycles. The van der Waals surface area contributed by atoms with Gasteiger partial charge in [-0.05, 0) is 38.9 Å². The molecule has 1 aromatic heterocycles. The number of nitrogens with zero attached hydrogens (tertiary/aromatic N) is 3. The fraction of sp³-hybridized carbons (Fsp3) is 0.706. The Kier molecular flexibility index (Phi) is 6.00. The second-order valence-electron chi connectivity index (χ2n) is 5.97. The Labute approximate surface area is 129 Å². The van der Waals surface area contributed by atoms with Crippen molar-refractivity contribution in [1.29, 1.82) is 0 Å². The highest BCUT2D eigenvalue weighted by molar-refractivity contribution is 5.45. The summed E-state index contributed by atoms with van der Waals surface area (Å²) < 4.78 is 0. The minimum Gasteiger partial charge on any atom is -0.368 e. The van der Waals surface area contributed by atoms with Gasteiger partial charge < -0.3 is 10.2 Å². The van der Waals surface area contributed by atoms with Gasteiger partial charge in [0.25, 0.3) is 0 Å². The van der Waals surface area contributed by atoms with Gasteiger partial charge in [0.15, 0.2) is 0 Å². The average molecular weight is 290 g/mol. The predicted molar refractivity (Wildman–Crippen MR) is 89.9 cm³/mol. The molecule has 0 amide bonds. The van der Waals surface area contributed by atoms with Crippen molar-refractivity contribution in [3.63, 3.8) is 0 Å². The third-order valence-corrected chi connectivity index (χ3v) is 4.78. The van der Waals surface area contributed by atoms with Crippen molar-refractivity contribution in [2.75, 3.05) is 38.1 Å². The lowest BCUT2D eigenvalue weighted by Crippen LogP contribution is -2.49. The van der Waals surface area contributed by atoms with Gasteiger partial charge in [0.05, 0.1) is 17.6 Å². The normalized spacial score (nSPS) is 19.5. The molecular weight excluding hydrogens is 260 g/mol. The van der Waals surface area contributed by atoms with E-state index in [2.05, 4.69) is 53.0 Å². The molecule has 0 bridgehead atoms. The molecule has 1 N–H and O–H groups in total. The van der Waals surface area contributed by atoms with Gasteiger partial charge in [-0.2, -0.15) is 0 Å². The number of aromatic nitrogens is 1. The van der Waals surface area contributed by atoms with Gasteiger partial charge in [0, 0.05) is 38.3 Å². The standard InChI is InChI=1S/C17H30N4/c1-5-14(3)20-9-11-21(12-10-20)15-7-8-17(19-13-15)16(6-2)18-4/h7-8,13-14,16,18H,5-6,9-12H2,1-4H3. The van der Waals surface area contributed by atoms with Crippen molar-refractivity contribution in [3.05, 3.63) is 24.0 Å². The van der Waals surface area contributed by atoms with Gasteiger partial charge in [-0.1, -0.05) is 13.8 Å². The molecule has 0 spiro atoms. The van der Waals surface area contributed by atoms with E-state index < -0.39 is 0 Å². The number of piperazine rings is 1. The number of anilines is 1. The maximum Gasteiger partial charge on any atom is 0.0574 e. The zero-order valence-electron chi connectivity index (χ0n) is 14.0. The molecule has 118 valence electrons. The quantitative estimate of drug-likeness (QED) is 0.873. The zero-order chi connectivity index (χ0) is 15.2. The van der Waals surface area contributed by atoms with E-state index in [0.29, 0.717) is 12.1 Å². The Bertz CT molecular complexity index is 405. The first-order valence-corrected chi connectivity index (χ1v) is 8.31.